The van der Waals surface area contributed by atoms with Crippen molar-refractivity contribution in [2.75, 3.05) is 38.7 Å². The van der Waals surface area contributed by atoms with E-state index in [0.717, 1.165) is 43.8 Å². The summed E-state index contributed by atoms with van der Waals surface area (Å²) in [5, 5.41) is 11.9. The fourth-order valence-corrected chi connectivity index (χ4v) is 2.79. The summed E-state index contributed by atoms with van der Waals surface area (Å²) in [6.45, 7) is 2.50. The minimum atomic E-state index is 0.00446. The topological polar surface area (TPSA) is 61.8 Å². The zero-order valence-corrected chi connectivity index (χ0v) is 12.5. The van der Waals surface area contributed by atoms with Gasteiger partial charge in [0.25, 0.3) is 0 Å². The average Bonchev–Trinajstić information content (AvgIpc) is 2.48. The molecule has 1 saturated heterocycles. The van der Waals surface area contributed by atoms with Crippen molar-refractivity contribution in [3.05, 3.63) is 24.3 Å². The minimum Gasteiger partial charge on any atom is -0.497 e. The predicted molar refractivity (Wildman–Crippen MR) is 82.5 cm³/mol. The van der Waals surface area contributed by atoms with E-state index >= 15 is 0 Å². The molecule has 0 bridgehead atoms. The van der Waals surface area contributed by atoms with E-state index in [4.69, 9.17) is 9.84 Å². The molecule has 0 saturated carbocycles. The highest BCUT2D eigenvalue weighted by atomic mass is 16.5. The Bertz CT molecular complexity index is 445. The van der Waals surface area contributed by atoms with Crippen LogP contribution in [0.2, 0.25) is 0 Å². The Labute approximate surface area is 125 Å². The third-order valence-electron chi connectivity index (χ3n) is 3.88. The maximum absolute atomic E-state index is 12.1. The summed E-state index contributed by atoms with van der Waals surface area (Å²) in [4.78, 5) is 14.2. The van der Waals surface area contributed by atoms with Crippen LogP contribution in [-0.4, -0.2) is 49.3 Å². The fourth-order valence-electron chi connectivity index (χ4n) is 2.79. The SMILES string of the molecule is COc1ccc(NC(=O)CN2CCCC(CCO)C2)cc1. The lowest BCUT2D eigenvalue weighted by Crippen LogP contribution is -2.40. The summed E-state index contributed by atoms with van der Waals surface area (Å²) in [5.41, 5.74) is 0.782. The number of rotatable bonds is 6. The molecule has 0 radical (unpaired) electrons. The van der Waals surface area contributed by atoms with E-state index in [9.17, 15) is 4.79 Å². The number of hydrogen-bond acceptors (Lipinski definition) is 4. The third kappa shape index (κ3) is 5.02. The number of nitrogens with zero attached hydrogens (tertiary/aromatic N) is 1. The van der Waals surface area contributed by atoms with Crippen molar-refractivity contribution < 1.29 is 14.6 Å². The summed E-state index contributed by atoms with van der Waals surface area (Å²) >= 11 is 0. The Balaban J connectivity index is 1.80. The quantitative estimate of drug-likeness (QED) is 0.838. The molecule has 0 spiro atoms. The average molecular weight is 292 g/mol. The maximum atomic E-state index is 12.1. The van der Waals surface area contributed by atoms with Gasteiger partial charge in [-0.15, -0.1) is 0 Å². The normalized spacial score (nSPS) is 19.2. The van der Waals surface area contributed by atoms with Crippen LogP contribution in [0.5, 0.6) is 5.75 Å². The first kappa shape index (κ1) is 15.8. The standard InChI is InChI=1S/C16H24N2O3/c1-21-15-6-4-14(5-7-15)17-16(20)12-18-9-2-3-13(11-18)8-10-19/h4-7,13,19H,2-3,8-12H2,1H3,(H,17,20). The first-order valence-electron chi connectivity index (χ1n) is 7.48. The van der Waals surface area contributed by atoms with Gasteiger partial charge in [0.15, 0.2) is 0 Å². The van der Waals surface area contributed by atoms with Crippen molar-refractivity contribution in [3.63, 3.8) is 0 Å². The minimum absolute atomic E-state index is 0.00446. The number of aliphatic hydroxyl groups excluding tert-OH is 1. The number of aliphatic hydroxyl groups is 1. The fraction of sp³-hybridized carbons (Fsp3) is 0.562. The van der Waals surface area contributed by atoms with Crippen LogP contribution in [0.3, 0.4) is 0 Å². The van der Waals surface area contributed by atoms with Crippen LogP contribution in [0.4, 0.5) is 5.69 Å². The van der Waals surface area contributed by atoms with Gasteiger partial charge in [0.1, 0.15) is 5.75 Å². The summed E-state index contributed by atoms with van der Waals surface area (Å²) in [6, 6.07) is 7.32. The van der Waals surface area contributed by atoms with E-state index in [1.807, 2.05) is 24.3 Å². The van der Waals surface area contributed by atoms with Gasteiger partial charge in [-0.25, -0.2) is 0 Å². The molecule has 2 rings (SSSR count). The van der Waals surface area contributed by atoms with Crippen molar-refractivity contribution in [1.82, 2.24) is 4.90 Å². The smallest absolute Gasteiger partial charge is 0.238 e. The number of ether oxygens (including phenoxy) is 1. The Hall–Kier alpha value is -1.59. The van der Waals surface area contributed by atoms with Gasteiger partial charge in [-0.1, -0.05) is 0 Å². The molecule has 1 fully saturated rings. The molecule has 1 aromatic rings. The maximum Gasteiger partial charge on any atom is 0.238 e. The molecule has 1 atom stereocenters. The zero-order valence-electron chi connectivity index (χ0n) is 12.5. The van der Waals surface area contributed by atoms with E-state index in [-0.39, 0.29) is 12.5 Å². The predicted octanol–water partition coefficient (Wildman–Crippen LogP) is 1.73. The van der Waals surface area contributed by atoms with Crippen molar-refractivity contribution in [2.24, 2.45) is 5.92 Å². The van der Waals surface area contributed by atoms with Crippen molar-refractivity contribution >= 4 is 11.6 Å². The van der Waals surface area contributed by atoms with Gasteiger partial charge in [0, 0.05) is 18.8 Å². The lowest BCUT2D eigenvalue weighted by Gasteiger charge is -2.31. The van der Waals surface area contributed by atoms with Gasteiger partial charge in [0.05, 0.1) is 13.7 Å². The molecule has 116 valence electrons. The first-order chi connectivity index (χ1) is 10.2. The highest BCUT2D eigenvalue weighted by Gasteiger charge is 2.21. The summed E-state index contributed by atoms with van der Waals surface area (Å²) in [6.07, 6.45) is 3.08. The first-order valence-corrected chi connectivity index (χ1v) is 7.48. The van der Waals surface area contributed by atoms with Crippen LogP contribution in [0.1, 0.15) is 19.3 Å². The number of carbonyl (C=O) groups is 1. The van der Waals surface area contributed by atoms with Crippen LogP contribution in [0.15, 0.2) is 24.3 Å². The van der Waals surface area contributed by atoms with E-state index in [1.54, 1.807) is 7.11 Å². The highest BCUT2D eigenvalue weighted by Crippen LogP contribution is 2.19. The second-order valence-corrected chi connectivity index (χ2v) is 5.53. The van der Waals surface area contributed by atoms with Crippen molar-refractivity contribution in [2.45, 2.75) is 19.3 Å². The molecule has 0 aliphatic carbocycles. The van der Waals surface area contributed by atoms with Gasteiger partial charge >= 0.3 is 0 Å². The van der Waals surface area contributed by atoms with Crippen LogP contribution in [-0.2, 0) is 4.79 Å². The van der Waals surface area contributed by atoms with Gasteiger partial charge < -0.3 is 15.2 Å². The molecule has 1 aliphatic rings. The lowest BCUT2D eigenvalue weighted by molar-refractivity contribution is -0.117. The van der Waals surface area contributed by atoms with Crippen molar-refractivity contribution in [1.29, 1.82) is 0 Å². The number of carbonyl (C=O) groups excluding carboxylic acids is 1. The second kappa shape index (κ2) is 8.00. The Morgan fingerprint density at radius 3 is 2.86 bits per heavy atom. The summed E-state index contributed by atoms with van der Waals surface area (Å²) in [5.74, 6) is 1.29. The van der Waals surface area contributed by atoms with Crippen molar-refractivity contribution in [3.8, 4) is 5.75 Å². The molecular weight excluding hydrogens is 268 g/mol. The third-order valence-corrected chi connectivity index (χ3v) is 3.88. The molecule has 5 heteroatoms. The molecule has 21 heavy (non-hydrogen) atoms. The van der Waals surface area contributed by atoms with Crippen LogP contribution < -0.4 is 10.1 Å². The Morgan fingerprint density at radius 2 is 2.19 bits per heavy atom. The molecular formula is C16H24N2O3. The number of nitrogens with one attached hydrogen (secondary N) is 1. The second-order valence-electron chi connectivity index (χ2n) is 5.53. The van der Waals surface area contributed by atoms with Gasteiger partial charge in [-0.3, -0.25) is 9.69 Å². The number of benzene rings is 1. The zero-order chi connectivity index (χ0) is 15.1. The van der Waals surface area contributed by atoms with E-state index in [0.29, 0.717) is 12.5 Å². The van der Waals surface area contributed by atoms with Gasteiger partial charge in [0.2, 0.25) is 5.91 Å². The molecule has 1 aromatic carbocycles. The number of anilines is 1. The molecule has 1 aliphatic heterocycles. The van der Waals surface area contributed by atoms with Crippen LogP contribution in [0.25, 0.3) is 0 Å². The van der Waals surface area contributed by atoms with E-state index in [1.165, 1.54) is 0 Å². The molecule has 2 N–H and O–H groups in total. The van der Waals surface area contributed by atoms with Gasteiger partial charge in [-0.2, -0.15) is 0 Å². The summed E-state index contributed by atoms with van der Waals surface area (Å²) < 4.78 is 5.09. The Morgan fingerprint density at radius 1 is 1.43 bits per heavy atom. The number of piperidine rings is 1. The lowest BCUT2D eigenvalue weighted by atomic mass is 9.95. The van der Waals surface area contributed by atoms with Gasteiger partial charge in [-0.05, 0) is 56.0 Å². The number of methoxy groups -OCH3 is 1. The number of amides is 1. The molecule has 1 amide bonds. The largest absolute Gasteiger partial charge is 0.497 e. The monoisotopic (exact) mass is 292 g/mol. The molecule has 1 unspecified atom stereocenters. The highest BCUT2D eigenvalue weighted by molar-refractivity contribution is 5.92. The molecule has 5 nitrogen and oxygen atoms in total. The van der Waals surface area contributed by atoms with E-state index in [2.05, 4.69) is 10.2 Å². The summed E-state index contributed by atoms with van der Waals surface area (Å²) in [7, 11) is 1.62. The Kier molecular flexibility index (Phi) is 6.02. The molecule has 0 aromatic heterocycles. The number of hydrogen-bond donors (Lipinski definition) is 2. The number of likely N-dealkylation sites (tertiary alicyclic amines) is 1. The van der Waals surface area contributed by atoms with Crippen LogP contribution >= 0.6 is 0 Å². The van der Waals surface area contributed by atoms with Crippen LogP contribution in [0, 0.1) is 5.92 Å². The van der Waals surface area contributed by atoms with E-state index < -0.39 is 0 Å². The molecule has 1 heterocycles.